The van der Waals surface area contributed by atoms with Crippen LogP contribution < -0.4 is 11.1 Å². The fraction of sp³-hybridized carbons (Fsp3) is 0.929. The lowest BCUT2D eigenvalue weighted by atomic mass is 10.1. The second kappa shape index (κ2) is 11.5. The zero-order chi connectivity index (χ0) is 15.6. The van der Waals surface area contributed by atoms with E-state index in [2.05, 4.69) is 17.2 Å². The Morgan fingerprint density at radius 3 is 2.19 bits per heavy atom. The van der Waals surface area contributed by atoms with Crippen molar-refractivity contribution in [3.63, 3.8) is 0 Å². The Hall–Kier alpha value is -0.0500. The molecule has 3 N–H and O–H groups in total. The lowest BCUT2D eigenvalue weighted by Crippen LogP contribution is -2.38. The van der Waals surface area contributed by atoms with Gasteiger partial charge in [-0.25, -0.2) is 8.42 Å². The van der Waals surface area contributed by atoms with Crippen molar-refractivity contribution >= 4 is 39.8 Å². The van der Waals surface area contributed by atoms with Crippen LogP contribution in [-0.2, 0) is 9.84 Å². The van der Waals surface area contributed by atoms with Gasteiger partial charge in [0.1, 0.15) is 0 Å². The van der Waals surface area contributed by atoms with Crippen molar-refractivity contribution in [1.29, 1.82) is 0 Å². The number of hydrogen-bond acceptors (Lipinski definition) is 3. The smallest absolute Gasteiger partial charge is 0.188 e. The van der Waals surface area contributed by atoms with Gasteiger partial charge in [0.15, 0.2) is 15.8 Å². The van der Waals surface area contributed by atoms with Gasteiger partial charge in [0.25, 0.3) is 0 Å². The van der Waals surface area contributed by atoms with E-state index in [1.165, 1.54) is 38.4 Å². The van der Waals surface area contributed by atoms with Gasteiger partial charge in [-0.1, -0.05) is 39.0 Å². The number of aliphatic imine (C=N–C) groups is 1. The molecule has 7 heteroatoms. The van der Waals surface area contributed by atoms with Crippen LogP contribution in [0.4, 0.5) is 0 Å². The molecule has 0 saturated carbocycles. The quantitative estimate of drug-likeness (QED) is 0.240. The zero-order valence-electron chi connectivity index (χ0n) is 13.8. The first-order valence-electron chi connectivity index (χ1n) is 7.44. The number of nitrogens with zero attached hydrogens (tertiary/aromatic N) is 1. The van der Waals surface area contributed by atoms with Crippen LogP contribution in [0, 0.1) is 0 Å². The number of rotatable bonds is 10. The average Bonchev–Trinajstić information content (AvgIpc) is 2.34. The third kappa shape index (κ3) is 11.2. The van der Waals surface area contributed by atoms with Gasteiger partial charge in [-0.2, -0.15) is 0 Å². The minimum Gasteiger partial charge on any atom is -0.370 e. The summed E-state index contributed by atoms with van der Waals surface area (Å²) in [6.07, 6.45) is 8.59. The maximum absolute atomic E-state index is 11.5. The van der Waals surface area contributed by atoms with E-state index in [4.69, 9.17) is 5.73 Å². The summed E-state index contributed by atoms with van der Waals surface area (Å²) < 4.78 is 22.2. The predicted octanol–water partition coefficient (Wildman–Crippen LogP) is 2.69. The fourth-order valence-electron chi connectivity index (χ4n) is 1.57. The third-order valence-electron chi connectivity index (χ3n) is 3.47. The van der Waals surface area contributed by atoms with Gasteiger partial charge in [-0.15, -0.1) is 24.0 Å². The first-order valence-corrected chi connectivity index (χ1v) is 9.33. The van der Waals surface area contributed by atoms with E-state index >= 15 is 0 Å². The summed E-state index contributed by atoms with van der Waals surface area (Å²) in [5.41, 5.74) is 5.73. The number of hydrogen-bond donors (Lipinski definition) is 2. The number of sulfone groups is 1. The van der Waals surface area contributed by atoms with Gasteiger partial charge in [0, 0.05) is 12.8 Å². The van der Waals surface area contributed by atoms with E-state index in [9.17, 15) is 8.42 Å². The molecule has 0 bridgehead atoms. The van der Waals surface area contributed by atoms with Crippen LogP contribution in [0.1, 0.15) is 59.3 Å². The van der Waals surface area contributed by atoms with Crippen molar-refractivity contribution in [1.82, 2.24) is 5.32 Å². The number of unbranched alkanes of at least 4 members (excludes halogenated alkanes) is 5. The van der Waals surface area contributed by atoms with Gasteiger partial charge in [-0.05, 0) is 20.3 Å². The molecule has 0 aromatic rings. The summed E-state index contributed by atoms with van der Waals surface area (Å²) in [5, 5.41) is 3.03. The minimum atomic E-state index is -3.13. The van der Waals surface area contributed by atoms with E-state index in [1.807, 2.05) is 0 Å². The van der Waals surface area contributed by atoms with Gasteiger partial charge >= 0.3 is 0 Å². The highest BCUT2D eigenvalue weighted by atomic mass is 127. The van der Waals surface area contributed by atoms with Crippen molar-refractivity contribution in [2.24, 2.45) is 10.7 Å². The SMILES string of the molecule is CCCCCCCCNC(N)=NCC(C)(C)S(C)(=O)=O.I. The van der Waals surface area contributed by atoms with Crippen LogP contribution in [0.15, 0.2) is 4.99 Å². The summed E-state index contributed by atoms with van der Waals surface area (Å²) in [6, 6.07) is 0. The number of halogens is 1. The first kappa shape index (κ1) is 23.2. The van der Waals surface area contributed by atoms with Crippen LogP contribution in [0.3, 0.4) is 0 Å². The largest absolute Gasteiger partial charge is 0.370 e. The second-order valence-corrected chi connectivity index (χ2v) is 8.58. The first-order chi connectivity index (χ1) is 9.20. The highest BCUT2D eigenvalue weighted by molar-refractivity contribution is 14.0. The molecule has 0 radical (unpaired) electrons. The molecule has 0 spiro atoms. The Morgan fingerprint density at radius 1 is 1.14 bits per heavy atom. The molecule has 21 heavy (non-hydrogen) atoms. The zero-order valence-corrected chi connectivity index (χ0v) is 17.0. The van der Waals surface area contributed by atoms with E-state index in [1.54, 1.807) is 13.8 Å². The van der Waals surface area contributed by atoms with Crippen molar-refractivity contribution in [3.8, 4) is 0 Å². The summed E-state index contributed by atoms with van der Waals surface area (Å²) in [6.45, 7) is 6.50. The van der Waals surface area contributed by atoms with Crippen molar-refractivity contribution in [2.45, 2.75) is 64.0 Å². The summed E-state index contributed by atoms with van der Waals surface area (Å²) >= 11 is 0. The van der Waals surface area contributed by atoms with Crippen LogP contribution >= 0.6 is 24.0 Å². The van der Waals surface area contributed by atoms with Gasteiger partial charge in [0.05, 0.1) is 11.3 Å². The molecule has 0 aromatic heterocycles. The Balaban J connectivity index is 0. The van der Waals surface area contributed by atoms with Gasteiger partial charge in [-0.3, -0.25) is 4.99 Å². The third-order valence-corrected chi connectivity index (χ3v) is 5.61. The monoisotopic (exact) mass is 433 g/mol. The van der Waals surface area contributed by atoms with Crippen LogP contribution in [0.2, 0.25) is 0 Å². The highest BCUT2D eigenvalue weighted by Gasteiger charge is 2.29. The summed E-state index contributed by atoms with van der Waals surface area (Å²) in [4.78, 5) is 4.11. The second-order valence-electron chi connectivity index (χ2n) is 5.93. The fourth-order valence-corrected chi connectivity index (χ4v) is 1.87. The molecule has 5 nitrogen and oxygen atoms in total. The number of guanidine groups is 1. The Morgan fingerprint density at radius 2 is 1.67 bits per heavy atom. The van der Waals surface area contributed by atoms with E-state index in [0.29, 0.717) is 5.96 Å². The normalized spacial score (nSPS) is 12.9. The van der Waals surface area contributed by atoms with E-state index < -0.39 is 14.6 Å². The van der Waals surface area contributed by atoms with Gasteiger partial charge in [0.2, 0.25) is 0 Å². The van der Waals surface area contributed by atoms with Gasteiger partial charge < -0.3 is 11.1 Å². The molecule has 0 amide bonds. The summed E-state index contributed by atoms with van der Waals surface area (Å²) in [5.74, 6) is 0.329. The van der Waals surface area contributed by atoms with Crippen LogP contribution in [0.5, 0.6) is 0 Å². The molecule has 0 atom stereocenters. The Labute approximate surface area is 147 Å². The highest BCUT2D eigenvalue weighted by Crippen LogP contribution is 2.14. The molecule has 0 saturated heterocycles. The van der Waals surface area contributed by atoms with Crippen molar-refractivity contribution in [2.75, 3.05) is 19.3 Å². The van der Waals surface area contributed by atoms with Crippen LogP contribution in [0.25, 0.3) is 0 Å². The molecule has 0 fully saturated rings. The molecule has 0 heterocycles. The molecule has 0 aliphatic carbocycles. The molecule has 0 unspecified atom stereocenters. The molecular weight excluding hydrogens is 401 g/mol. The lowest BCUT2D eigenvalue weighted by molar-refractivity contribution is 0.554. The Kier molecular flexibility index (Phi) is 12.7. The lowest BCUT2D eigenvalue weighted by Gasteiger charge is -2.20. The predicted molar refractivity (Wildman–Crippen MR) is 102 cm³/mol. The minimum absolute atomic E-state index is 0. The van der Waals surface area contributed by atoms with Crippen molar-refractivity contribution < 1.29 is 8.42 Å². The number of nitrogens with one attached hydrogen (secondary N) is 1. The topological polar surface area (TPSA) is 84.5 Å². The maximum Gasteiger partial charge on any atom is 0.188 e. The Bertz CT molecular complexity index is 395. The molecule has 0 aromatic carbocycles. The van der Waals surface area contributed by atoms with E-state index in [-0.39, 0.29) is 30.5 Å². The molecule has 128 valence electrons. The summed E-state index contributed by atoms with van der Waals surface area (Å²) in [7, 11) is -3.13. The molecule has 0 aliphatic rings. The van der Waals surface area contributed by atoms with Crippen LogP contribution in [-0.4, -0.2) is 38.5 Å². The average molecular weight is 433 g/mol. The number of nitrogens with two attached hydrogens (primary N) is 1. The molecule has 0 rings (SSSR count). The molecular formula is C14H32IN3O2S. The standard InChI is InChI=1S/C14H31N3O2S.HI/c1-5-6-7-8-9-10-11-16-13(15)17-12-14(2,3)20(4,18)19;/h5-12H2,1-4H3,(H3,15,16,17);1H. The maximum atomic E-state index is 11.5. The molecule has 0 aliphatic heterocycles. The van der Waals surface area contributed by atoms with E-state index in [0.717, 1.165) is 13.0 Å². The van der Waals surface area contributed by atoms with Crippen molar-refractivity contribution in [3.05, 3.63) is 0 Å².